The van der Waals surface area contributed by atoms with Crippen LogP contribution < -0.4 is 35.6 Å². The number of nitrogens with two attached hydrogens (primary N) is 2. The Morgan fingerprint density at radius 2 is 0.841 bits per heavy atom. The van der Waals surface area contributed by atoms with Crippen molar-refractivity contribution in [1.29, 1.82) is 0 Å². The zero-order chi connectivity index (χ0) is 88.7. The second-order valence-electron chi connectivity index (χ2n) is 27.9. The van der Waals surface area contributed by atoms with Gasteiger partial charge in [-0.05, 0) is 165 Å². The Bertz CT molecular complexity index is 6520. The molecule has 126 heavy (non-hydrogen) atoms. The third-order valence-corrected chi connectivity index (χ3v) is 20.4. The van der Waals surface area contributed by atoms with Gasteiger partial charge < -0.3 is 68.7 Å². The van der Waals surface area contributed by atoms with E-state index < -0.39 is 5.97 Å². The SMILES string of the molecule is CCOC(=O)c1cn[nH]c1.CCOC(=O)c1cnn(Cc2cn3c(C)c(C)ccc3n2)c1.Cc1ccc(N)nc1C.Cc1ccc2nc(CCl)cn2c1C.Cc1ccc2nc(Cn3cc(C(=O)NCc4cn5ccc(Cl)cc5n4)cn3)cn2c1C.Cc1ccc2nc(Cn3cc(C(=O)O)cn3)cn2c1C.NCc1cn2ccc(Cl)cc2n1.O.O=C(CCl)CCl.[Li+].[OH-]. The van der Waals surface area contributed by atoms with E-state index in [1.54, 1.807) is 64.7 Å². The topological polar surface area (TPSA) is 448 Å². The minimum atomic E-state index is -0.974. The molecule has 0 aromatic carbocycles. The standard InChI is InChI=1S/C22H20ClN7O.C16H18N4O2.C14H14N4O2.C10H11ClN2.C8H8ClN3.C7H10N2.C6H8N2O2.C3H4Cl2O.Li.2H2O/c1-14-3-4-20-27-19(13-30(20)15(14)2)12-29-10-16(8-25-29)22(31)24-9-18-11-28-6-5-17(23)7-21(28)26-18;1-4-22-16(21)13-7-17-19(8-13)9-14-10-20-12(3)11(2)5-6-15(20)18-14;1-9-3-4-13-16-12(8-18(13)10(9)2)7-17-6-11(5-15-17)14(19)20;1-7-3-4-10-12-9(5-11)6-13(10)8(7)2;9-6-1-2-12-5-7(4-10)11-8(12)3-6;1-5-3-4-7(8)9-6(5)2;1-2-10-6(9)5-3-7-8-4-5;4-1-3(6)2-5;;;/h3-8,10-11,13H,9,12H2,1-2H3,(H,24,31);5-8,10H,4,9H2,1-3H3;3-6,8H,7H2,1-2H3,(H,19,20);3-4,6H,5H2,1-2H3;1-3,5H,4,10H2;3-4H,1-2H3,(H2,8,9);3-4H,2H2,1H3,(H,7,8);1-2H2;;2*1H2/q;;;;;;;;+1;;/p-1. The molecule has 10 N–H and O–H groups in total. The first kappa shape index (κ1) is 101. The van der Waals surface area contributed by atoms with Gasteiger partial charge >= 0.3 is 36.8 Å². The van der Waals surface area contributed by atoms with Gasteiger partial charge in [-0.25, -0.2) is 49.3 Å². The molecule has 34 nitrogen and oxygen atoms in total. The van der Waals surface area contributed by atoms with Gasteiger partial charge in [-0.3, -0.25) is 28.7 Å². The molecule has 17 heterocycles. The van der Waals surface area contributed by atoms with Crippen LogP contribution in [-0.2, 0) is 52.9 Å². The van der Waals surface area contributed by atoms with E-state index in [4.69, 9.17) is 79.3 Å². The summed E-state index contributed by atoms with van der Waals surface area (Å²) in [5.41, 5.74) is 34.7. The number of hydrogen-bond donors (Lipinski definition) is 5. The van der Waals surface area contributed by atoms with Crippen LogP contribution in [-0.4, -0.2) is 171 Å². The largest absolute Gasteiger partial charge is 1.00 e. The van der Waals surface area contributed by atoms with Gasteiger partial charge in [-0.1, -0.05) is 53.5 Å². The number of ether oxygens (including phenoxy) is 2. The Hall–Kier alpha value is -12.6. The fourth-order valence-corrected chi connectivity index (χ4v) is 12.5. The van der Waals surface area contributed by atoms with Crippen LogP contribution >= 0.6 is 58.0 Å². The number of carbonyl (C=O) groups excluding carboxylic acids is 4. The molecule has 17 rings (SSSR count). The molecular formula is C86H96Cl5LiN24O10. The summed E-state index contributed by atoms with van der Waals surface area (Å²) < 4.78 is 26.6. The molecule has 17 aromatic rings. The number of nitrogens with one attached hydrogen (secondary N) is 2. The Labute approximate surface area is 761 Å². The quantitative estimate of drug-likeness (QED) is 0.0303. The smallest absolute Gasteiger partial charge is 0.870 e. The maximum atomic E-state index is 12.5. The van der Waals surface area contributed by atoms with E-state index >= 15 is 0 Å². The van der Waals surface area contributed by atoms with Gasteiger partial charge in [0.1, 0.15) is 39.7 Å². The maximum Gasteiger partial charge on any atom is 1.00 e. The van der Waals surface area contributed by atoms with Crippen LogP contribution in [0.2, 0.25) is 10.0 Å². The average Bonchev–Trinajstić information content (AvgIpc) is 1.67. The molecule has 0 atom stereocenters. The Morgan fingerprint density at radius 3 is 1.22 bits per heavy atom. The van der Waals surface area contributed by atoms with Crippen LogP contribution in [0.3, 0.4) is 0 Å². The zero-order valence-corrected chi connectivity index (χ0v) is 75.4. The third kappa shape index (κ3) is 27.2. The van der Waals surface area contributed by atoms with Gasteiger partial charge in [0.05, 0.1) is 138 Å². The van der Waals surface area contributed by atoms with Gasteiger partial charge in [-0.2, -0.15) is 20.4 Å². The number of esters is 2. The summed E-state index contributed by atoms with van der Waals surface area (Å²) in [6.07, 6.45) is 27.7. The number of pyridine rings is 7. The summed E-state index contributed by atoms with van der Waals surface area (Å²) in [7, 11) is 0. The molecule has 0 saturated carbocycles. The van der Waals surface area contributed by atoms with E-state index in [0.717, 1.165) is 85.1 Å². The van der Waals surface area contributed by atoms with Crippen molar-refractivity contribution >= 4 is 127 Å². The monoisotopic (exact) mass is 1810 g/mol. The number of rotatable bonds is 18. The normalized spacial score (nSPS) is 10.5. The molecule has 0 radical (unpaired) electrons. The molecule has 0 spiro atoms. The fraction of sp³-hybridized carbons (Fsp3) is 0.256. The van der Waals surface area contributed by atoms with Crippen molar-refractivity contribution in [3.63, 3.8) is 0 Å². The van der Waals surface area contributed by atoms with E-state index in [1.165, 1.54) is 70.2 Å². The number of amides is 1. The number of aromatic nitrogens is 21. The Kier molecular flexibility index (Phi) is 37.9. The molecular weight excluding hydrogens is 1710 g/mol. The molecule has 0 aliphatic rings. The number of aromatic carboxylic acids is 1. The van der Waals surface area contributed by atoms with Gasteiger partial charge in [0.15, 0.2) is 5.78 Å². The number of carbonyl (C=O) groups is 5. The number of hydrogen-bond acceptors (Lipinski definition) is 21. The number of anilines is 1. The third-order valence-electron chi connectivity index (χ3n) is 19.1. The van der Waals surface area contributed by atoms with Crippen LogP contribution in [0.25, 0.3) is 33.9 Å². The zero-order valence-electron chi connectivity index (χ0n) is 71.6. The van der Waals surface area contributed by atoms with E-state index in [-0.39, 0.29) is 70.8 Å². The van der Waals surface area contributed by atoms with Gasteiger partial charge in [0, 0.05) is 119 Å². The number of halogens is 5. The van der Waals surface area contributed by atoms with Gasteiger partial charge in [0.25, 0.3) is 5.91 Å². The van der Waals surface area contributed by atoms with Crippen molar-refractivity contribution in [3.8, 4) is 0 Å². The van der Waals surface area contributed by atoms with E-state index in [1.807, 2.05) is 132 Å². The number of ketones is 1. The number of nitrogens with zero attached hydrogens (tertiary/aromatic N) is 20. The van der Waals surface area contributed by atoms with Crippen molar-refractivity contribution in [3.05, 3.63) is 307 Å². The number of Topliss-reactive ketones (excluding diaryl/α,β-unsaturated/α-hetero) is 1. The first-order valence-corrected chi connectivity index (χ1v) is 40.9. The predicted octanol–water partition coefficient (Wildman–Crippen LogP) is 10.7. The summed E-state index contributed by atoms with van der Waals surface area (Å²) in [6, 6.07) is 27.2. The van der Waals surface area contributed by atoms with E-state index in [0.29, 0.717) is 84.4 Å². The molecule has 40 heteroatoms. The van der Waals surface area contributed by atoms with Crippen molar-refractivity contribution < 1.29 is 68.4 Å². The van der Waals surface area contributed by atoms with Crippen molar-refractivity contribution in [2.45, 2.75) is 122 Å². The van der Waals surface area contributed by atoms with Crippen LogP contribution in [0.1, 0.15) is 146 Å². The predicted molar refractivity (Wildman–Crippen MR) is 479 cm³/mol. The number of nitrogen functional groups attached to an aromatic ring is 1. The minimum Gasteiger partial charge on any atom is -0.870 e. The summed E-state index contributed by atoms with van der Waals surface area (Å²) >= 11 is 27.5. The van der Waals surface area contributed by atoms with Crippen molar-refractivity contribution in [2.75, 3.05) is 30.7 Å². The van der Waals surface area contributed by atoms with Gasteiger partial charge in [-0.15, -0.1) is 34.8 Å². The summed E-state index contributed by atoms with van der Waals surface area (Å²) in [6.45, 7) is 27.1. The van der Waals surface area contributed by atoms with Crippen molar-refractivity contribution in [2.24, 2.45) is 5.73 Å². The van der Waals surface area contributed by atoms with Crippen LogP contribution in [0.15, 0.2) is 184 Å². The van der Waals surface area contributed by atoms with Crippen molar-refractivity contribution in [1.82, 2.24) is 106 Å². The summed E-state index contributed by atoms with van der Waals surface area (Å²) in [5.74, 6) is -0.865. The molecule has 0 unspecified atom stereocenters. The first-order valence-electron chi connectivity index (χ1n) is 38.5. The summed E-state index contributed by atoms with van der Waals surface area (Å²) in [5, 5.41) is 31.7. The molecule has 0 bridgehead atoms. The molecule has 0 aliphatic heterocycles. The number of alkyl halides is 3. The number of fused-ring (bicyclic) bond motifs is 6. The van der Waals surface area contributed by atoms with Crippen LogP contribution in [0.5, 0.6) is 0 Å². The number of aromatic amines is 1. The van der Waals surface area contributed by atoms with E-state index in [9.17, 15) is 24.0 Å². The number of imidazole rings is 6. The molecule has 0 fully saturated rings. The second kappa shape index (κ2) is 47.5. The average molecular weight is 1810 g/mol. The maximum absolute atomic E-state index is 12.5. The fourth-order valence-electron chi connectivity index (χ4n) is 11.8. The summed E-state index contributed by atoms with van der Waals surface area (Å²) in [4.78, 5) is 86.6. The molecule has 0 saturated heterocycles. The number of carboxylic acid groups (broad SMARTS) is 1. The Balaban J connectivity index is 0.000000206. The number of aryl methyl sites for hydroxylation is 10. The van der Waals surface area contributed by atoms with E-state index in [2.05, 4.69) is 150 Å². The number of H-pyrrole nitrogens is 1. The first-order chi connectivity index (χ1) is 58.9. The number of carboxylic acids is 1. The van der Waals surface area contributed by atoms with Gasteiger partial charge in [0.2, 0.25) is 0 Å². The van der Waals surface area contributed by atoms with Crippen LogP contribution in [0, 0.1) is 69.2 Å². The molecule has 656 valence electrons. The molecule has 1 amide bonds. The second-order valence-corrected chi connectivity index (χ2v) is 29.6. The van der Waals surface area contributed by atoms with Crippen LogP contribution in [0.4, 0.5) is 5.82 Å². The molecule has 0 aliphatic carbocycles. The Morgan fingerprint density at radius 1 is 0.460 bits per heavy atom. The molecule has 17 aromatic heterocycles. The minimum absolute atomic E-state index is 0.